The number of hydrogen-bond donors (Lipinski definition) is 1. The smallest absolute Gasteiger partial charge is 0.183 e. The predicted molar refractivity (Wildman–Crippen MR) is 40.2 cm³/mol. The highest BCUT2D eigenvalue weighted by Crippen LogP contribution is 2.07. The van der Waals surface area contributed by atoms with Crippen LogP contribution in [-0.2, 0) is 4.84 Å². The summed E-state index contributed by atoms with van der Waals surface area (Å²) in [5.41, 5.74) is 0.832. The summed E-state index contributed by atoms with van der Waals surface area (Å²) < 4.78 is 0. The molecule has 0 aliphatic carbocycles. The van der Waals surface area contributed by atoms with Crippen LogP contribution in [0.3, 0.4) is 0 Å². The SMILES string of the molecule is CON(O)c1cccc(C)n1. The second kappa shape index (κ2) is 3.32. The Kier molecular flexibility index (Phi) is 2.40. The summed E-state index contributed by atoms with van der Waals surface area (Å²) in [6, 6.07) is 5.28. The fourth-order valence-electron chi connectivity index (χ4n) is 0.729. The highest BCUT2D eigenvalue weighted by Gasteiger charge is 2.00. The molecule has 0 aliphatic rings. The summed E-state index contributed by atoms with van der Waals surface area (Å²) in [6.45, 7) is 1.84. The van der Waals surface area contributed by atoms with E-state index in [9.17, 15) is 0 Å². The first-order valence-corrected chi connectivity index (χ1v) is 3.21. The Hall–Kier alpha value is -1.13. The maximum atomic E-state index is 9.00. The van der Waals surface area contributed by atoms with Crippen molar-refractivity contribution in [3.05, 3.63) is 23.9 Å². The van der Waals surface area contributed by atoms with E-state index in [0.29, 0.717) is 11.0 Å². The summed E-state index contributed by atoms with van der Waals surface area (Å²) >= 11 is 0. The van der Waals surface area contributed by atoms with E-state index in [0.717, 1.165) is 5.69 Å². The minimum absolute atomic E-state index is 0.382. The number of rotatable bonds is 2. The van der Waals surface area contributed by atoms with Crippen molar-refractivity contribution in [3.63, 3.8) is 0 Å². The van der Waals surface area contributed by atoms with Crippen LogP contribution in [-0.4, -0.2) is 17.3 Å². The van der Waals surface area contributed by atoms with Crippen molar-refractivity contribution >= 4 is 5.82 Å². The largest absolute Gasteiger partial charge is 0.262 e. The first-order chi connectivity index (χ1) is 5.24. The second-order valence-electron chi connectivity index (χ2n) is 2.09. The van der Waals surface area contributed by atoms with E-state index in [1.54, 1.807) is 12.1 Å². The van der Waals surface area contributed by atoms with Crippen LogP contribution < -0.4 is 5.23 Å². The molecule has 4 heteroatoms. The number of pyridine rings is 1. The summed E-state index contributed by atoms with van der Waals surface area (Å²) in [5.74, 6) is 0.382. The van der Waals surface area contributed by atoms with Crippen LogP contribution >= 0.6 is 0 Å². The zero-order valence-corrected chi connectivity index (χ0v) is 6.48. The van der Waals surface area contributed by atoms with Crippen molar-refractivity contribution in [2.45, 2.75) is 6.92 Å². The molecule has 0 bridgehead atoms. The maximum Gasteiger partial charge on any atom is 0.183 e. The standard InChI is InChI=1S/C7H10N2O2/c1-6-4-3-5-7(8-6)9(10)11-2/h3-5,10H,1-2H3. The molecular formula is C7H10N2O2. The van der Waals surface area contributed by atoms with Gasteiger partial charge in [0.2, 0.25) is 0 Å². The summed E-state index contributed by atoms with van der Waals surface area (Å²) in [6.07, 6.45) is 0. The Morgan fingerprint density at radius 2 is 2.27 bits per heavy atom. The van der Waals surface area contributed by atoms with Crippen molar-refractivity contribution in [3.8, 4) is 0 Å². The van der Waals surface area contributed by atoms with Gasteiger partial charge < -0.3 is 0 Å². The van der Waals surface area contributed by atoms with Gasteiger partial charge in [0.1, 0.15) is 0 Å². The van der Waals surface area contributed by atoms with E-state index < -0.39 is 0 Å². The van der Waals surface area contributed by atoms with Crippen molar-refractivity contribution in [1.82, 2.24) is 4.98 Å². The van der Waals surface area contributed by atoms with Gasteiger partial charge in [-0.25, -0.2) is 4.98 Å². The lowest BCUT2D eigenvalue weighted by molar-refractivity contribution is -0.0131. The minimum atomic E-state index is 0.382. The molecule has 0 aliphatic heterocycles. The first kappa shape index (κ1) is 7.97. The zero-order valence-electron chi connectivity index (χ0n) is 6.48. The number of hydrogen-bond acceptors (Lipinski definition) is 4. The van der Waals surface area contributed by atoms with Gasteiger partial charge in [-0.15, -0.1) is 5.23 Å². The Bertz CT molecular complexity index is 240. The molecule has 4 nitrogen and oxygen atoms in total. The Morgan fingerprint density at radius 3 is 2.82 bits per heavy atom. The van der Waals surface area contributed by atoms with Gasteiger partial charge in [0.05, 0.1) is 7.11 Å². The first-order valence-electron chi connectivity index (χ1n) is 3.21. The van der Waals surface area contributed by atoms with E-state index >= 15 is 0 Å². The van der Waals surface area contributed by atoms with E-state index in [1.807, 2.05) is 13.0 Å². The summed E-state index contributed by atoms with van der Waals surface area (Å²) in [7, 11) is 1.37. The van der Waals surface area contributed by atoms with Gasteiger partial charge in [0.25, 0.3) is 0 Å². The van der Waals surface area contributed by atoms with Crippen LogP contribution in [0.1, 0.15) is 5.69 Å². The molecule has 1 heterocycles. The van der Waals surface area contributed by atoms with E-state index in [-0.39, 0.29) is 0 Å². The van der Waals surface area contributed by atoms with Gasteiger partial charge >= 0.3 is 0 Å². The number of aromatic nitrogens is 1. The third-order valence-electron chi connectivity index (χ3n) is 1.24. The fraction of sp³-hybridized carbons (Fsp3) is 0.286. The molecule has 0 radical (unpaired) electrons. The van der Waals surface area contributed by atoms with Crippen molar-refractivity contribution in [1.29, 1.82) is 0 Å². The van der Waals surface area contributed by atoms with Crippen LogP contribution in [0.25, 0.3) is 0 Å². The molecule has 0 fully saturated rings. The van der Waals surface area contributed by atoms with Crippen molar-refractivity contribution < 1.29 is 10.0 Å². The second-order valence-corrected chi connectivity index (χ2v) is 2.09. The molecule has 0 spiro atoms. The highest BCUT2D eigenvalue weighted by molar-refractivity contribution is 5.32. The van der Waals surface area contributed by atoms with Crippen LogP contribution in [0.4, 0.5) is 5.82 Å². The lowest BCUT2D eigenvalue weighted by atomic mass is 10.4. The van der Waals surface area contributed by atoms with Gasteiger partial charge in [-0.05, 0) is 19.1 Å². The molecular weight excluding hydrogens is 144 g/mol. The summed E-state index contributed by atoms with van der Waals surface area (Å²) in [5, 5.41) is 9.62. The third kappa shape index (κ3) is 1.89. The van der Waals surface area contributed by atoms with Gasteiger partial charge in [-0.1, -0.05) is 6.07 Å². The van der Waals surface area contributed by atoms with Crippen molar-refractivity contribution in [2.24, 2.45) is 0 Å². The molecule has 1 aromatic heterocycles. The minimum Gasteiger partial charge on any atom is -0.262 e. The average Bonchev–Trinajstić information content (AvgIpc) is 2.03. The van der Waals surface area contributed by atoms with Crippen LogP contribution in [0.5, 0.6) is 0 Å². The lowest BCUT2D eigenvalue weighted by Gasteiger charge is -2.11. The molecule has 0 aromatic carbocycles. The van der Waals surface area contributed by atoms with Gasteiger partial charge in [0, 0.05) is 5.69 Å². The molecule has 1 rings (SSSR count). The quantitative estimate of drug-likeness (QED) is 0.649. The highest BCUT2D eigenvalue weighted by atomic mass is 16.9. The number of aryl methyl sites for hydroxylation is 1. The molecule has 1 N–H and O–H groups in total. The molecule has 0 amide bonds. The third-order valence-corrected chi connectivity index (χ3v) is 1.24. The molecule has 0 atom stereocenters. The molecule has 0 saturated carbocycles. The molecule has 11 heavy (non-hydrogen) atoms. The van der Waals surface area contributed by atoms with E-state index in [2.05, 4.69) is 9.82 Å². The van der Waals surface area contributed by atoms with Crippen LogP contribution in [0.15, 0.2) is 18.2 Å². The molecule has 60 valence electrons. The topological polar surface area (TPSA) is 45.6 Å². The molecule has 0 saturated heterocycles. The van der Waals surface area contributed by atoms with Crippen LogP contribution in [0.2, 0.25) is 0 Å². The number of nitrogens with zero attached hydrogens (tertiary/aromatic N) is 2. The van der Waals surface area contributed by atoms with Crippen LogP contribution in [0, 0.1) is 6.92 Å². The maximum absolute atomic E-state index is 9.00. The normalized spacial score (nSPS) is 9.73. The Labute approximate surface area is 65.0 Å². The Morgan fingerprint density at radius 1 is 1.55 bits per heavy atom. The zero-order chi connectivity index (χ0) is 8.27. The molecule has 1 aromatic rings. The van der Waals surface area contributed by atoms with E-state index in [1.165, 1.54) is 7.11 Å². The predicted octanol–water partition coefficient (Wildman–Crippen LogP) is 1.15. The van der Waals surface area contributed by atoms with Gasteiger partial charge in [0.15, 0.2) is 5.82 Å². The Balaban J connectivity index is 2.86. The van der Waals surface area contributed by atoms with E-state index in [4.69, 9.17) is 5.21 Å². The summed E-state index contributed by atoms with van der Waals surface area (Å²) in [4.78, 5) is 8.51. The van der Waals surface area contributed by atoms with Gasteiger partial charge in [-0.2, -0.15) is 0 Å². The lowest BCUT2D eigenvalue weighted by Crippen LogP contribution is -2.17. The number of anilines is 1. The fourth-order valence-corrected chi connectivity index (χ4v) is 0.729. The van der Waals surface area contributed by atoms with Crippen molar-refractivity contribution in [2.75, 3.05) is 12.3 Å². The molecule has 0 unspecified atom stereocenters. The average molecular weight is 154 g/mol. The van der Waals surface area contributed by atoms with Gasteiger partial charge in [-0.3, -0.25) is 10.0 Å². The monoisotopic (exact) mass is 154 g/mol.